The molecule has 3 heteroatoms. The number of fused-ring (bicyclic) bond motifs is 1. The van der Waals surface area contributed by atoms with Crippen molar-refractivity contribution in [2.45, 2.75) is 45.1 Å². The summed E-state index contributed by atoms with van der Waals surface area (Å²) >= 11 is 0. The molecular weight excluding hydrogens is 248 g/mol. The Bertz CT molecular complexity index is 448. The zero-order chi connectivity index (χ0) is 13.9. The number of hydrogen-bond donors (Lipinski definition) is 2. The van der Waals surface area contributed by atoms with Gasteiger partial charge in [0, 0.05) is 12.0 Å². The van der Waals surface area contributed by atoms with E-state index in [0.717, 1.165) is 24.7 Å². The maximum atomic E-state index is 5.94. The molecule has 0 spiro atoms. The Balaban J connectivity index is 1.71. The van der Waals surface area contributed by atoms with Gasteiger partial charge in [-0.25, -0.2) is 0 Å². The Hall–Kier alpha value is -1.06. The number of rotatable bonds is 3. The van der Waals surface area contributed by atoms with Crippen LogP contribution >= 0.6 is 0 Å². The van der Waals surface area contributed by atoms with Crippen molar-refractivity contribution in [1.82, 2.24) is 5.43 Å². The summed E-state index contributed by atoms with van der Waals surface area (Å²) in [4.78, 5) is 0. The SMILES string of the molecule is CC1CCCC(C(NN)C2COc3ccccc3C2)C1. The first-order valence-corrected chi connectivity index (χ1v) is 7.94. The van der Waals surface area contributed by atoms with Gasteiger partial charge in [0.25, 0.3) is 0 Å². The maximum Gasteiger partial charge on any atom is 0.122 e. The Morgan fingerprint density at radius 1 is 1.25 bits per heavy atom. The summed E-state index contributed by atoms with van der Waals surface area (Å²) < 4.78 is 5.94. The van der Waals surface area contributed by atoms with Crippen LogP contribution in [0.25, 0.3) is 0 Å². The fraction of sp³-hybridized carbons (Fsp3) is 0.647. The number of para-hydroxylation sites is 1. The molecule has 3 N–H and O–H groups in total. The zero-order valence-electron chi connectivity index (χ0n) is 12.3. The molecule has 1 aromatic carbocycles. The van der Waals surface area contributed by atoms with Crippen molar-refractivity contribution in [2.75, 3.05) is 6.61 Å². The highest BCUT2D eigenvalue weighted by Gasteiger charge is 2.34. The Labute approximate surface area is 121 Å². The highest BCUT2D eigenvalue weighted by atomic mass is 16.5. The molecule has 3 nitrogen and oxygen atoms in total. The van der Waals surface area contributed by atoms with E-state index in [2.05, 4.69) is 30.5 Å². The second kappa shape index (κ2) is 6.15. The van der Waals surface area contributed by atoms with Crippen LogP contribution in [0.4, 0.5) is 0 Å². The molecule has 1 fully saturated rings. The number of benzene rings is 1. The topological polar surface area (TPSA) is 47.3 Å². The summed E-state index contributed by atoms with van der Waals surface area (Å²) in [6.07, 6.45) is 6.40. The van der Waals surface area contributed by atoms with Gasteiger partial charge in [-0.2, -0.15) is 0 Å². The normalized spacial score (nSPS) is 31.2. The summed E-state index contributed by atoms with van der Waals surface area (Å²) in [6, 6.07) is 8.77. The van der Waals surface area contributed by atoms with Gasteiger partial charge in [-0.3, -0.25) is 11.3 Å². The van der Waals surface area contributed by atoms with Gasteiger partial charge in [0.15, 0.2) is 0 Å². The van der Waals surface area contributed by atoms with Gasteiger partial charge in [0.2, 0.25) is 0 Å². The van der Waals surface area contributed by atoms with Crippen LogP contribution in [0, 0.1) is 17.8 Å². The molecule has 1 saturated carbocycles. The molecule has 1 heterocycles. The summed E-state index contributed by atoms with van der Waals surface area (Å²) in [5.74, 6) is 8.97. The summed E-state index contributed by atoms with van der Waals surface area (Å²) in [5.41, 5.74) is 4.44. The predicted octanol–water partition coefficient (Wildman–Crippen LogP) is 2.90. The number of ether oxygens (including phenoxy) is 1. The lowest BCUT2D eigenvalue weighted by atomic mass is 9.73. The Morgan fingerprint density at radius 3 is 2.90 bits per heavy atom. The largest absolute Gasteiger partial charge is 0.493 e. The molecule has 1 aromatic rings. The first-order valence-electron chi connectivity index (χ1n) is 7.94. The highest BCUT2D eigenvalue weighted by Crippen LogP contribution is 2.36. The highest BCUT2D eigenvalue weighted by molar-refractivity contribution is 5.35. The van der Waals surface area contributed by atoms with Crippen molar-refractivity contribution in [2.24, 2.45) is 23.6 Å². The predicted molar refractivity (Wildman–Crippen MR) is 81.4 cm³/mol. The van der Waals surface area contributed by atoms with Crippen LogP contribution in [0.3, 0.4) is 0 Å². The second-order valence-corrected chi connectivity index (χ2v) is 6.61. The number of nitrogens with one attached hydrogen (secondary N) is 1. The van der Waals surface area contributed by atoms with Crippen LogP contribution in [0.5, 0.6) is 5.75 Å². The molecule has 0 aromatic heterocycles. The van der Waals surface area contributed by atoms with Crippen molar-refractivity contribution < 1.29 is 4.74 Å². The third-order valence-electron chi connectivity index (χ3n) is 5.09. The third kappa shape index (κ3) is 2.84. The minimum absolute atomic E-state index is 0.381. The van der Waals surface area contributed by atoms with E-state index in [1.165, 1.54) is 31.2 Å². The average molecular weight is 274 g/mol. The smallest absolute Gasteiger partial charge is 0.122 e. The van der Waals surface area contributed by atoms with E-state index in [9.17, 15) is 0 Å². The lowest BCUT2D eigenvalue weighted by Gasteiger charge is -2.39. The Morgan fingerprint density at radius 2 is 2.10 bits per heavy atom. The van der Waals surface area contributed by atoms with Crippen molar-refractivity contribution in [1.29, 1.82) is 0 Å². The molecule has 0 bridgehead atoms. The van der Waals surface area contributed by atoms with Crippen LogP contribution in [-0.2, 0) is 6.42 Å². The van der Waals surface area contributed by atoms with Gasteiger partial charge in [-0.05, 0) is 42.7 Å². The summed E-state index contributed by atoms with van der Waals surface area (Å²) in [7, 11) is 0. The molecule has 1 aliphatic carbocycles. The van der Waals surface area contributed by atoms with Crippen LogP contribution in [0.1, 0.15) is 38.2 Å². The number of hydrazine groups is 1. The lowest BCUT2D eigenvalue weighted by Crippen LogP contribution is -2.50. The van der Waals surface area contributed by atoms with Gasteiger partial charge >= 0.3 is 0 Å². The number of nitrogens with two attached hydrogens (primary N) is 1. The van der Waals surface area contributed by atoms with E-state index in [0.29, 0.717) is 17.9 Å². The van der Waals surface area contributed by atoms with Gasteiger partial charge < -0.3 is 4.74 Å². The van der Waals surface area contributed by atoms with Crippen molar-refractivity contribution >= 4 is 0 Å². The van der Waals surface area contributed by atoms with E-state index in [1.54, 1.807) is 0 Å². The van der Waals surface area contributed by atoms with E-state index in [4.69, 9.17) is 10.6 Å². The molecule has 20 heavy (non-hydrogen) atoms. The molecular formula is C17H26N2O. The summed E-state index contributed by atoms with van der Waals surface area (Å²) in [5, 5.41) is 0. The monoisotopic (exact) mass is 274 g/mol. The molecule has 3 rings (SSSR count). The first-order chi connectivity index (χ1) is 9.78. The average Bonchev–Trinajstić information content (AvgIpc) is 2.48. The molecule has 2 aliphatic rings. The zero-order valence-corrected chi connectivity index (χ0v) is 12.3. The molecule has 0 saturated heterocycles. The quantitative estimate of drug-likeness (QED) is 0.658. The Kier molecular flexibility index (Phi) is 4.27. The van der Waals surface area contributed by atoms with Gasteiger partial charge in [-0.15, -0.1) is 0 Å². The molecule has 4 atom stereocenters. The van der Waals surface area contributed by atoms with E-state index in [1.807, 2.05) is 6.07 Å². The third-order valence-corrected chi connectivity index (χ3v) is 5.09. The van der Waals surface area contributed by atoms with Crippen LogP contribution < -0.4 is 16.0 Å². The van der Waals surface area contributed by atoms with E-state index in [-0.39, 0.29) is 0 Å². The van der Waals surface area contributed by atoms with Crippen LogP contribution in [0.15, 0.2) is 24.3 Å². The standard InChI is InChI=1S/C17H26N2O/c1-12-5-4-7-14(9-12)17(19-18)15-10-13-6-2-3-8-16(13)20-11-15/h2-3,6,8,12,14-15,17,19H,4-5,7,9-11,18H2,1H3. The maximum absolute atomic E-state index is 5.94. The fourth-order valence-electron chi connectivity index (χ4n) is 4.05. The molecule has 0 radical (unpaired) electrons. The van der Waals surface area contributed by atoms with Crippen LogP contribution in [-0.4, -0.2) is 12.6 Å². The molecule has 110 valence electrons. The van der Waals surface area contributed by atoms with Crippen molar-refractivity contribution in [3.05, 3.63) is 29.8 Å². The molecule has 0 amide bonds. The molecule has 4 unspecified atom stereocenters. The van der Waals surface area contributed by atoms with Gasteiger partial charge in [0.05, 0.1) is 6.61 Å². The molecule has 1 aliphatic heterocycles. The van der Waals surface area contributed by atoms with Crippen LogP contribution in [0.2, 0.25) is 0 Å². The second-order valence-electron chi connectivity index (χ2n) is 6.61. The van der Waals surface area contributed by atoms with Crippen molar-refractivity contribution in [3.63, 3.8) is 0 Å². The van der Waals surface area contributed by atoms with E-state index >= 15 is 0 Å². The lowest BCUT2D eigenvalue weighted by molar-refractivity contribution is 0.122. The number of hydrogen-bond acceptors (Lipinski definition) is 3. The van der Waals surface area contributed by atoms with Gasteiger partial charge in [0.1, 0.15) is 5.75 Å². The van der Waals surface area contributed by atoms with Crippen molar-refractivity contribution in [3.8, 4) is 5.75 Å². The van der Waals surface area contributed by atoms with Gasteiger partial charge in [-0.1, -0.05) is 38.0 Å². The fourth-order valence-corrected chi connectivity index (χ4v) is 4.05. The first kappa shape index (κ1) is 13.9. The minimum atomic E-state index is 0.381. The van der Waals surface area contributed by atoms with E-state index < -0.39 is 0 Å². The summed E-state index contributed by atoms with van der Waals surface area (Å²) in [6.45, 7) is 3.16. The minimum Gasteiger partial charge on any atom is -0.493 e.